The number of pyridine rings is 1. The first kappa shape index (κ1) is 12.8. The lowest BCUT2D eigenvalue weighted by molar-refractivity contribution is 0.704. The van der Waals surface area contributed by atoms with Crippen LogP contribution >= 0.6 is 0 Å². The summed E-state index contributed by atoms with van der Waals surface area (Å²) in [5.41, 5.74) is 9.86. The Morgan fingerprint density at radius 3 is 2.55 bits per heavy atom. The summed E-state index contributed by atoms with van der Waals surface area (Å²) < 4.78 is 0. The molecule has 0 saturated heterocycles. The zero-order valence-corrected chi connectivity index (χ0v) is 11.6. The van der Waals surface area contributed by atoms with E-state index in [1.54, 1.807) is 0 Å². The van der Waals surface area contributed by atoms with E-state index in [4.69, 9.17) is 5.73 Å². The fourth-order valence-electron chi connectivity index (χ4n) is 2.51. The van der Waals surface area contributed by atoms with Crippen molar-refractivity contribution in [3.8, 4) is 0 Å². The van der Waals surface area contributed by atoms with E-state index < -0.39 is 0 Å². The van der Waals surface area contributed by atoms with Crippen molar-refractivity contribution in [1.29, 1.82) is 0 Å². The van der Waals surface area contributed by atoms with Crippen molar-refractivity contribution in [3.05, 3.63) is 77.6 Å². The summed E-state index contributed by atoms with van der Waals surface area (Å²) in [4.78, 5) is 4.50. The van der Waals surface area contributed by atoms with Crippen LogP contribution < -0.4 is 5.73 Å². The highest BCUT2D eigenvalue weighted by atomic mass is 14.8. The van der Waals surface area contributed by atoms with E-state index in [1.165, 1.54) is 16.5 Å². The van der Waals surface area contributed by atoms with Crippen LogP contribution in [0.1, 0.15) is 22.9 Å². The van der Waals surface area contributed by atoms with Gasteiger partial charge in [-0.3, -0.25) is 4.98 Å². The van der Waals surface area contributed by atoms with Gasteiger partial charge in [-0.15, -0.1) is 0 Å². The SMILES string of the molecule is Cc1ccc(CC(N)c2nccc3ccccc23)cc1. The minimum absolute atomic E-state index is 0.0798. The van der Waals surface area contributed by atoms with Gasteiger partial charge >= 0.3 is 0 Å². The van der Waals surface area contributed by atoms with Crippen LogP contribution in [0.5, 0.6) is 0 Å². The van der Waals surface area contributed by atoms with Gasteiger partial charge in [0, 0.05) is 11.6 Å². The molecule has 0 amide bonds. The van der Waals surface area contributed by atoms with E-state index in [9.17, 15) is 0 Å². The molecule has 0 aliphatic carbocycles. The summed E-state index contributed by atoms with van der Waals surface area (Å²) in [6.07, 6.45) is 2.65. The third-order valence-corrected chi connectivity index (χ3v) is 3.63. The van der Waals surface area contributed by atoms with Gasteiger partial charge in [0.05, 0.1) is 11.7 Å². The molecule has 100 valence electrons. The summed E-state index contributed by atoms with van der Waals surface area (Å²) >= 11 is 0. The number of fused-ring (bicyclic) bond motifs is 1. The lowest BCUT2D eigenvalue weighted by Gasteiger charge is -2.14. The van der Waals surface area contributed by atoms with Crippen LogP contribution in [0.4, 0.5) is 0 Å². The molecule has 1 heterocycles. The molecule has 0 radical (unpaired) electrons. The molecule has 2 nitrogen and oxygen atoms in total. The molecule has 2 N–H and O–H groups in total. The quantitative estimate of drug-likeness (QED) is 0.780. The average Bonchev–Trinajstić information content (AvgIpc) is 2.49. The lowest BCUT2D eigenvalue weighted by atomic mass is 9.99. The first-order chi connectivity index (χ1) is 9.74. The third-order valence-electron chi connectivity index (χ3n) is 3.63. The van der Waals surface area contributed by atoms with Gasteiger partial charge < -0.3 is 5.73 Å². The van der Waals surface area contributed by atoms with Crippen LogP contribution in [-0.2, 0) is 6.42 Å². The van der Waals surface area contributed by atoms with E-state index in [2.05, 4.69) is 48.3 Å². The monoisotopic (exact) mass is 262 g/mol. The lowest BCUT2D eigenvalue weighted by Crippen LogP contribution is -2.15. The van der Waals surface area contributed by atoms with Gasteiger partial charge in [0.2, 0.25) is 0 Å². The molecule has 0 aliphatic rings. The predicted molar refractivity (Wildman–Crippen MR) is 83.6 cm³/mol. The number of benzene rings is 2. The highest BCUT2D eigenvalue weighted by molar-refractivity contribution is 5.84. The van der Waals surface area contributed by atoms with Gasteiger partial charge in [-0.25, -0.2) is 0 Å². The zero-order chi connectivity index (χ0) is 13.9. The highest BCUT2D eigenvalue weighted by Crippen LogP contribution is 2.23. The van der Waals surface area contributed by atoms with Crippen molar-refractivity contribution >= 4 is 10.8 Å². The minimum atomic E-state index is -0.0798. The molecular formula is C18H18N2. The zero-order valence-electron chi connectivity index (χ0n) is 11.6. The number of aromatic nitrogens is 1. The van der Waals surface area contributed by atoms with Crippen LogP contribution in [0.2, 0.25) is 0 Å². The molecule has 2 aromatic carbocycles. The molecule has 2 heteroatoms. The first-order valence-electron chi connectivity index (χ1n) is 6.89. The molecular weight excluding hydrogens is 244 g/mol. The molecule has 3 aromatic rings. The molecule has 20 heavy (non-hydrogen) atoms. The number of nitrogens with two attached hydrogens (primary N) is 1. The standard InChI is InChI=1S/C18H18N2/c1-13-6-8-14(9-7-13)12-17(19)18-16-5-3-2-4-15(16)10-11-20-18/h2-11,17H,12,19H2,1H3. The molecule has 1 aromatic heterocycles. The Balaban J connectivity index is 1.92. The third kappa shape index (κ3) is 2.56. The Kier molecular flexibility index (Phi) is 3.48. The Labute approximate surface area is 119 Å². The first-order valence-corrected chi connectivity index (χ1v) is 6.89. The number of aryl methyl sites for hydroxylation is 1. The second-order valence-corrected chi connectivity index (χ2v) is 5.21. The van der Waals surface area contributed by atoms with Crippen LogP contribution in [-0.4, -0.2) is 4.98 Å². The average molecular weight is 262 g/mol. The molecule has 1 atom stereocenters. The van der Waals surface area contributed by atoms with Gasteiger partial charge in [-0.1, -0.05) is 54.1 Å². The maximum Gasteiger partial charge on any atom is 0.0652 e. The second kappa shape index (κ2) is 5.43. The largest absolute Gasteiger partial charge is 0.322 e. The highest BCUT2D eigenvalue weighted by Gasteiger charge is 2.11. The van der Waals surface area contributed by atoms with Crippen molar-refractivity contribution in [1.82, 2.24) is 4.98 Å². The topological polar surface area (TPSA) is 38.9 Å². The maximum atomic E-state index is 6.37. The van der Waals surface area contributed by atoms with Gasteiger partial charge in [-0.2, -0.15) is 0 Å². The Hall–Kier alpha value is -2.19. The molecule has 0 fully saturated rings. The molecule has 3 rings (SSSR count). The van der Waals surface area contributed by atoms with E-state index in [0.717, 1.165) is 17.5 Å². The summed E-state index contributed by atoms with van der Waals surface area (Å²) in [6, 6.07) is 18.7. The van der Waals surface area contributed by atoms with E-state index in [1.807, 2.05) is 24.4 Å². The Morgan fingerprint density at radius 1 is 1.00 bits per heavy atom. The van der Waals surface area contributed by atoms with Gasteiger partial charge in [0.25, 0.3) is 0 Å². The normalized spacial score (nSPS) is 12.5. The van der Waals surface area contributed by atoms with E-state index >= 15 is 0 Å². The van der Waals surface area contributed by atoms with Crippen molar-refractivity contribution in [2.45, 2.75) is 19.4 Å². The number of nitrogens with zero attached hydrogens (tertiary/aromatic N) is 1. The van der Waals surface area contributed by atoms with E-state index in [-0.39, 0.29) is 6.04 Å². The number of rotatable bonds is 3. The summed E-state index contributed by atoms with van der Waals surface area (Å²) in [5.74, 6) is 0. The summed E-state index contributed by atoms with van der Waals surface area (Å²) in [7, 11) is 0. The van der Waals surface area contributed by atoms with Gasteiger partial charge in [0.15, 0.2) is 0 Å². The van der Waals surface area contributed by atoms with E-state index in [0.29, 0.717) is 0 Å². The van der Waals surface area contributed by atoms with Crippen molar-refractivity contribution in [2.24, 2.45) is 5.73 Å². The molecule has 0 saturated carbocycles. The smallest absolute Gasteiger partial charge is 0.0652 e. The Morgan fingerprint density at radius 2 is 1.75 bits per heavy atom. The number of hydrogen-bond donors (Lipinski definition) is 1. The van der Waals surface area contributed by atoms with Crippen LogP contribution in [0.25, 0.3) is 10.8 Å². The molecule has 0 spiro atoms. The van der Waals surface area contributed by atoms with Crippen LogP contribution in [0, 0.1) is 6.92 Å². The van der Waals surface area contributed by atoms with Crippen molar-refractivity contribution in [3.63, 3.8) is 0 Å². The molecule has 1 unspecified atom stereocenters. The minimum Gasteiger partial charge on any atom is -0.322 e. The molecule has 0 aliphatic heterocycles. The maximum absolute atomic E-state index is 6.37. The van der Waals surface area contributed by atoms with Gasteiger partial charge in [-0.05, 0) is 30.4 Å². The van der Waals surface area contributed by atoms with Crippen molar-refractivity contribution < 1.29 is 0 Å². The summed E-state index contributed by atoms with van der Waals surface area (Å²) in [5, 5.41) is 2.34. The van der Waals surface area contributed by atoms with Crippen LogP contribution in [0.3, 0.4) is 0 Å². The van der Waals surface area contributed by atoms with Crippen LogP contribution in [0.15, 0.2) is 60.8 Å². The van der Waals surface area contributed by atoms with Crippen molar-refractivity contribution in [2.75, 3.05) is 0 Å². The second-order valence-electron chi connectivity index (χ2n) is 5.21. The summed E-state index contributed by atoms with van der Waals surface area (Å²) in [6.45, 7) is 2.09. The fraction of sp³-hybridized carbons (Fsp3) is 0.167. The number of hydrogen-bond acceptors (Lipinski definition) is 2. The fourth-order valence-corrected chi connectivity index (χ4v) is 2.51. The Bertz CT molecular complexity index is 712. The predicted octanol–water partition coefficient (Wildman–Crippen LogP) is 3.79. The van der Waals surface area contributed by atoms with Gasteiger partial charge in [0.1, 0.15) is 0 Å². The molecule has 0 bridgehead atoms.